The number of nitrogens with two attached hydrogens (primary N) is 1. The van der Waals surface area contributed by atoms with Crippen LogP contribution in [0.5, 0.6) is 0 Å². The van der Waals surface area contributed by atoms with E-state index in [1.54, 1.807) is 4.90 Å². The van der Waals surface area contributed by atoms with E-state index in [-0.39, 0.29) is 11.7 Å². The number of amides is 1. The minimum Gasteiger partial charge on any atom is -0.409 e. The summed E-state index contributed by atoms with van der Waals surface area (Å²) in [6.07, 6.45) is 2.40. The molecule has 1 heterocycles. The molecule has 1 amide bonds. The largest absolute Gasteiger partial charge is 0.409 e. The van der Waals surface area contributed by atoms with Crippen molar-refractivity contribution in [1.29, 1.82) is 0 Å². The average molecular weight is 243 g/mol. The van der Waals surface area contributed by atoms with Crippen molar-refractivity contribution in [1.82, 2.24) is 4.90 Å². The molecule has 0 radical (unpaired) electrons. The molecule has 0 aromatic carbocycles. The highest BCUT2D eigenvalue weighted by Gasteiger charge is 2.30. The first-order valence-electron chi connectivity index (χ1n) is 6.04. The van der Waals surface area contributed by atoms with Crippen LogP contribution in [0.15, 0.2) is 5.16 Å². The minimum absolute atomic E-state index is 0.0445. The Bertz CT molecular complexity index is 294. The zero-order chi connectivity index (χ0) is 12.8. The Hall–Kier alpha value is -1.30. The number of carbonyl (C=O) groups excluding carboxylic acids is 1. The van der Waals surface area contributed by atoms with Crippen molar-refractivity contribution < 1.29 is 15.1 Å². The monoisotopic (exact) mass is 243 g/mol. The molecule has 2 unspecified atom stereocenters. The summed E-state index contributed by atoms with van der Waals surface area (Å²) in [5, 5.41) is 21.1. The molecule has 4 N–H and O–H groups in total. The number of oxime groups is 1. The normalized spacial score (nSPS) is 23.5. The predicted octanol–water partition coefficient (Wildman–Crippen LogP) is 0.132. The van der Waals surface area contributed by atoms with Crippen LogP contribution in [0.25, 0.3) is 0 Å². The number of rotatable bonds is 4. The van der Waals surface area contributed by atoms with Crippen molar-refractivity contribution in [2.24, 2.45) is 16.8 Å². The zero-order valence-corrected chi connectivity index (χ0v) is 10.2. The van der Waals surface area contributed by atoms with Gasteiger partial charge in [-0.15, -0.1) is 0 Å². The number of amidine groups is 1. The number of piperidine rings is 1. The summed E-state index contributed by atoms with van der Waals surface area (Å²) in [6.45, 7) is 2.92. The van der Waals surface area contributed by atoms with Gasteiger partial charge in [-0.25, -0.2) is 0 Å². The summed E-state index contributed by atoms with van der Waals surface area (Å²) >= 11 is 0. The van der Waals surface area contributed by atoms with Crippen LogP contribution in [0, 0.1) is 5.92 Å². The van der Waals surface area contributed by atoms with E-state index in [1.165, 1.54) is 0 Å². The van der Waals surface area contributed by atoms with E-state index < -0.39 is 12.0 Å². The molecule has 6 nitrogen and oxygen atoms in total. The van der Waals surface area contributed by atoms with Gasteiger partial charge >= 0.3 is 0 Å². The predicted molar refractivity (Wildman–Crippen MR) is 63.6 cm³/mol. The molecule has 0 spiro atoms. The molecule has 1 rings (SSSR count). The van der Waals surface area contributed by atoms with E-state index >= 15 is 0 Å². The van der Waals surface area contributed by atoms with Gasteiger partial charge in [-0.05, 0) is 19.3 Å². The molecule has 2 atom stereocenters. The molecule has 0 saturated carbocycles. The summed E-state index contributed by atoms with van der Waals surface area (Å²) in [6, 6.07) is 0. The number of nitrogens with zero attached hydrogens (tertiary/aromatic N) is 2. The van der Waals surface area contributed by atoms with Gasteiger partial charge in [-0.3, -0.25) is 4.79 Å². The van der Waals surface area contributed by atoms with Gasteiger partial charge in [0.15, 0.2) is 5.84 Å². The highest BCUT2D eigenvalue weighted by molar-refractivity contribution is 6.02. The molecule has 98 valence electrons. The lowest BCUT2D eigenvalue weighted by Gasteiger charge is -2.32. The van der Waals surface area contributed by atoms with Crippen molar-refractivity contribution in [3.63, 3.8) is 0 Å². The fourth-order valence-electron chi connectivity index (χ4n) is 2.13. The molecule has 0 aromatic rings. The third-order valence-electron chi connectivity index (χ3n) is 3.06. The number of aliphatic hydroxyl groups is 1. The third kappa shape index (κ3) is 3.59. The van der Waals surface area contributed by atoms with E-state index in [0.717, 1.165) is 19.3 Å². The van der Waals surface area contributed by atoms with Gasteiger partial charge < -0.3 is 20.9 Å². The number of β-amino-alcohol motifs (C(OH)–C–C–N with tert-alkyl or cyclic N) is 1. The Kier molecular flexibility index (Phi) is 5.21. The Morgan fingerprint density at radius 1 is 1.65 bits per heavy atom. The quantitative estimate of drug-likeness (QED) is 0.283. The SMILES string of the molecule is CCCC(C(=O)N1CCCC(O)C1)C(N)=NO. The first-order valence-corrected chi connectivity index (χ1v) is 6.04. The standard InChI is InChI=1S/C11H21N3O3/c1-2-4-9(10(12)13-17)11(16)14-6-3-5-8(15)7-14/h8-9,15,17H,2-7H2,1H3,(H2,12,13). The topological polar surface area (TPSA) is 99.2 Å². The number of hydrogen-bond acceptors (Lipinski definition) is 4. The average Bonchev–Trinajstić information content (AvgIpc) is 2.34. The maximum Gasteiger partial charge on any atom is 0.233 e. The first kappa shape index (κ1) is 13.8. The molecule has 6 heteroatoms. The summed E-state index contributed by atoms with van der Waals surface area (Å²) in [7, 11) is 0. The van der Waals surface area contributed by atoms with Crippen LogP contribution in [0.2, 0.25) is 0 Å². The van der Waals surface area contributed by atoms with Gasteiger partial charge in [-0.2, -0.15) is 0 Å². The van der Waals surface area contributed by atoms with Crippen LogP contribution in [0.4, 0.5) is 0 Å². The van der Waals surface area contributed by atoms with Crippen LogP contribution < -0.4 is 5.73 Å². The van der Waals surface area contributed by atoms with Gasteiger partial charge in [0.05, 0.1) is 12.0 Å². The smallest absolute Gasteiger partial charge is 0.233 e. The van der Waals surface area contributed by atoms with E-state index in [2.05, 4.69) is 5.16 Å². The van der Waals surface area contributed by atoms with Crippen LogP contribution in [-0.4, -0.2) is 46.1 Å². The van der Waals surface area contributed by atoms with E-state index in [1.807, 2.05) is 6.92 Å². The van der Waals surface area contributed by atoms with Crippen LogP contribution >= 0.6 is 0 Å². The lowest BCUT2D eigenvalue weighted by Crippen LogP contribution is -2.47. The van der Waals surface area contributed by atoms with Crippen molar-refractivity contribution in [3.8, 4) is 0 Å². The maximum atomic E-state index is 12.2. The van der Waals surface area contributed by atoms with E-state index in [0.29, 0.717) is 19.5 Å². The van der Waals surface area contributed by atoms with Gasteiger partial charge in [0, 0.05) is 13.1 Å². The highest BCUT2D eigenvalue weighted by atomic mass is 16.4. The second-order valence-electron chi connectivity index (χ2n) is 4.45. The molecule has 17 heavy (non-hydrogen) atoms. The number of likely N-dealkylation sites (tertiary alicyclic amines) is 1. The van der Waals surface area contributed by atoms with Crippen LogP contribution in [-0.2, 0) is 4.79 Å². The van der Waals surface area contributed by atoms with Crippen LogP contribution in [0.1, 0.15) is 32.6 Å². The Morgan fingerprint density at radius 3 is 2.88 bits per heavy atom. The zero-order valence-electron chi connectivity index (χ0n) is 10.2. The lowest BCUT2D eigenvalue weighted by molar-refractivity contribution is -0.136. The molecular weight excluding hydrogens is 222 g/mol. The summed E-state index contributed by atoms with van der Waals surface area (Å²) < 4.78 is 0. The summed E-state index contributed by atoms with van der Waals surface area (Å²) in [5.41, 5.74) is 5.54. The maximum absolute atomic E-state index is 12.2. The fourth-order valence-corrected chi connectivity index (χ4v) is 2.13. The van der Waals surface area contributed by atoms with Gasteiger partial charge in [0.25, 0.3) is 0 Å². The molecule has 1 aliphatic rings. The molecular formula is C11H21N3O3. The van der Waals surface area contributed by atoms with Crippen LogP contribution in [0.3, 0.4) is 0 Å². The molecule has 0 aliphatic carbocycles. The van der Waals surface area contributed by atoms with Crippen molar-refractivity contribution in [2.75, 3.05) is 13.1 Å². The minimum atomic E-state index is -0.574. The third-order valence-corrected chi connectivity index (χ3v) is 3.06. The highest BCUT2D eigenvalue weighted by Crippen LogP contribution is 2.16. The second-order valence-corrected chi connectivity index (χ2v) is 4.45. The molecule has 1 fully saturated rings. The van der Waals surface area contributed by atoms with E-state index in [9.17, 15) is 9.90 Å². The van der Waals surface area contributed by atoms with Gasteiger partial charge in [0.2, 0.25) is 5.91 Å². The first-order chi connectivity index (χ1) is 8.10. The summed E-state index contributed by atoms with van der Waals surface area (Å²) in [4.78, 5) is 13.8. The fraction of sp³-hybridized carbons (Fsp3) is 0.818. The Morgan fingerprint density at radius 2 is 2.35 bits per heavy atom. The van der Waals surface area contributed by atoms with Gasteiger partial charge in [-0.1, -0.05) is 18.5 Å². The van der Waals surface area contributed by atoms with Gasteiger partial charge in [0.1, 0.15) is 0 Å². The number of carbonyl (C=O) groups is 1. The van der Waals surface area contributed by atoms with Crippen molar-refractivity contribution >= 4 is 11.7 Å². The number of aliphatic hydroxyl groups excluding tert-OH is 1. The Labute approximate surface area is 101 Å². The number of hydrogen-bond donors (Lipinski definition) is 3. The van der Waals surface area contributed by atoms with E-state index in [4.69, 9.17) is 10.9 Å². The Balaban J connectivity index is 2.69. The summed E-state index contributed by atoms with van der Waals surface area (Å²) in [5.74, 6) is -0.770. The molecule has 1 aliphatic heterocycles. The molecule has 0 bridgehead atoms. The van der Waals surface area contributed by atoms with Crippen molar-refractivity contribution in [3.05, 3.63) is 0 Å². The second kappa shape index (κ2) is 6.44. The lowest BCUT2D eigenvalue weighted by atomic mass is 9.98. The van der Waals surface area contributed by atoms with Crippen molar-refractivity contribution in [2.45, 2.75) is 38.7 Å². The molecule has 1 saturated heterocycles. The molecule has 0 aromatic heterocycles.